The molecule has 0 bridgehead atoms. The lowest BCUT2D eigenvalue weighted by atomic mass is 9.87. The van der Waals surface area contributed by atoms with Gasteiger partial charge in [0.15, 0.2) is 0 Å². The summed E-state index contributed by atoms with van der Waals surface area (Å²) in [6.45, 7) is 4.10. The molecule has 4 heteroatoms. The van der Waals surface area contributed by atoms with Gasteiger partial charge in [0.25, 0.3) is 0 Å². The number of fused-ring (bicyclic) bond motifs is 1. The molecule has 2 aliphatic rings. The summed E-state index contributed by atoms with van der Waals surface area (Å²) >= 11 is 0. The first kappa shape index (κ1) is 21.5. The van der Waals surface area contributed by atoms with Crippen LogP contribution < -0.4 is 0 Å². The minimum atomic E-state index is -0.749. The molecule has 1 aromatic rings. The number of unbranched alkanes of at least 4 members (excludes halogenated alkanes) is 3. The van der Waals surface area contributed by atoms with E-state index in [2.05, 4.69) is 18.7 Å². The fourth-order valence-electron chi connectivity index (χ4n) is 4.79. The van der Waals surface area contributed by atoms with Gasteiger partial charge in [-0.05, 0) is 42.7 Å². The van der Waals surface area contributed by atoms with Crippen molar-refractivity contribution in [2.24, 2.45) is 17.8 Å². The molecule has 2 aliphatic carbocycles. The largest absolute Gasteiger partial charge is 0.481 e. The van der Waals surface area contributed by atoms with Gasteiger partial charge >= 0.3 is 5.97 Å². The number of carboxylic acids is 1. The van der Waals surface area contributed by atoms with E-state index in [1.807, 2.05) is 24.3 Å². The van der Waals surface area contributed by atoms with Crippen molar-refractivity contribution in [3.05, 3.63) is 59.7 Å². The number of aliphatic hydroxyl groups is 1. The molecule has 0 aromatic heterocycles. The van der Waals surface area contributed by atoms with Gasteiger partial charge in [0.2, 0.25) is 0 Å². The molecule has 156 valence electrons. The van der Waals surface area contributed by atoms with Gasteiger partial charge in [0.05, 0.1) is 6.10 Å². The number of allylic oxidation sites excluding steroid dienone is 2. The van der Waals surface area contributed by atoms with Crippen LogP contribution in [0.1, 0.15) is 56.1 Å². The molecule has 0 spiro atoms. The van der Waals surface area contributed by atoms with E-state index in [9.17, 15) is 14.7 Å². The predicted octanol–water partition coefficient (Wildman–Crippen LogP) is 4.51. The normalized spacial score (nSPS) is 23.1. The van der Waals surface area contributed by atoms with Gasteiger partial charge in [-0.1, -0.05) is 67.8 Å². The van der Waals surface area contributed by atoms with E-state index in [0.29, 0.717) is 12.8 Å². The minimum absolute atomic E-state index is 0.0138. The van der Waals surface area contributed by atoms with E-state index in [-0.39, 0.29) is 30.0 Å². The molecule has 29 heavy (non-hydrogen) atoms. The molecule has 4 nitrogen and oxygen atoms in total. The highest BCUT2D eigenvalue weighted by Crippen LogP contribution is 2.38. The molecule has 0 amide bonds. The third kappa shape index (κ3) is 5.66. The van der Waals surface area contributed by atoms with Crippen LogP contribution in [0.25, 0.3) is 0 Å². The van der Waals surface area contributed by atoms with Crippen LogP contribution in [-0.2, 0) is 22.4 Å². The van der Waals surface area contributed by atoms with Crippen LogP contribution in [0, 0.1) is 17.8 Å². The first-order valence-electron chi connectivity index (χ1n) is 10.8. The molecule has 0 aliphatic heterocycles. The zero-order valence-electron chi connectivity index (χ0n) is 17.1. The average Bonchev–Trinajstić information content (AvgIpc) is 3.23. The number of aliphatic hydroxyl groups excluding tert-OH is 1. The van der Waals surface area contributed by atoms with Crippen LogP contribution in [0.15, 0.2) is 48.6 Å². The molecular weight excluding hydrogens is 364 g/mol. The highest BCUT2D eigenvalue weighted by molar-refractivity contribution is 5.87. The Balaban J connectivity index is 1.50. The molecule has 1 fully saturated rings. The van der Waals surface area contributed by atoms with Crippen LogP contribution in [0.4, 0.5) is 0 Å². The molecule has 1 saturated carbocycles. The van der Waals surface area contributed by atoms with Crippen molar-refractivity contribution in [3.63, 3.8) is 0 Å². The number of hydrogen-bond acceptors (Lipinski definition) is 3. The Kier molecular flexibility index (Phi) is 7.43. The van der Waals surface area contributed by atoms with Crippen molar-refractivity contribution in [1.82, 2.24) is 0 Å². The summed E-state index contributed by atoms with van der Waals surface area (Å²) in [4.78, 5) is 23.0. The smallest absolute Gasteiger partial charge is 0.303 e. The molecule has 0 radical (unpaired) electrons. The summed E-state index contributed by atoms with van der Waals surface area (Å²) in [5, 5.41) is 19.4. The Labute approximate surface area is 173 Å². The summed E-state index contributed by atoms with van der Waals surface area (Å²) in [5.74, 6) is -0.341. The van der Waals surface area contributed by atoms with Gasteiger partial charge in [-0.25, -0.2) is 0 Å². The van der Waals surface area contributed by atoms with Crippen LogP contribution in [0.2, 0.25) is 0 Å². The summed E-state index contributed by atoms with van der Waals surface area (Å²) in [5.41, 5.74) is 3.60. The van der Waals surface area contributed by atoms with Crippen LogP contribution in [-0.4, -0.2) is 28.1 Å². The van der Waals surface area contributed by atoms with Crippen molar-refractivity contribution in [2.75, 3.05) is 0 Å². The zero-order valence-corrected chi connectivity index (χ0v) is 17.1. The summed E-state index contributed by atoms with van der Waals surface area (Å²) in [6.07, 6.45) is 10.1. The second-order valence-electron chi connectivity index (χ2n) is 8.59. The number of benzene rings is 1. The summed E-state index contributed by atoms with van der Waals surface area (Å²) in [6, 6.07) is 8.36. The second-order valence-corrected chi connectivity index (χ2v) is 8.59. The highest BCUT2D eigenvalue weighted by atomic mass is 16.4. The first-order valence-corrected chi connectivity index (χ1v) is 10.8. The Bertz CT molecular complexity index is 754. The lowest BCUT2D eigenvalue weighted by Crippen LogP contribution is -2.19. The van der Waals surface area contributed by atoms with E-state index >= 15 is 0 Å². The first-order chi connectivity index (χ1) is 14.0. The van der Waals surface area contributed by atoms with E-state index in [1.54, 1.807) is 0 Å². The van der Waals surface area contributed by atoms with Crippen molar-refractivity contribution in [1.29, 1.82) is 0 Å². The number of Topliss-reactive ketones (excluding diaryl/α,β-unsaturated/α-hetero) is 1. The van der Waals surface area contributed by atoms with Crippen molar-refractivity contribution in [3.8, 4) is 0 Å². The lowest BCUT2D eigenvalue weighted by Gasteiger charge is -2.18. The standard InChI is InChI=1S/C25H32O4/c1-17-14-24(27)22(10-4-2-3-5-11-25(28)29)21(17)12-13-23(26)20-15-18-8-6-7-9-19(18)16-20/h6-9,12-13,20-23,26H,1-5,10-11,14-16H2,(H,28,29)/t21-,22-,23+/m1/s1. The molecular formula is C25H32O4. The van der Waals surface area contributed by atoms with Crippen LogP contribution >= 0.6 is 0 Å². The number of hydrogen-bond donors (Lipinski definition) is 2. The summed E-state index contributed by atoms with van der Waals surface area (Å²) in [7, 11) is 0. The number of carbonyl (C=O) groups is 2. The maximum absolute atomic E-state index is 12.4. The highest BCUT2D eigenvalue weighted by Gasteiger charge is 2.35. The number of ketones is 1. The zero-order chi connectivity index (χ0) is 20.8. The van der Waals surface area contributed by atoms with Gasteiger partial charge < -0.3 is 10.2 Å². The van der Waals surface area contributed by atoms with Gasteiger partial charge in [0.1, 0.15) is 5.78 Å². The van der Waals surface area contributed by atoms with Crippen molar-refractivity contribution < 1.29 is 19.8 Å². The maximum Gasteiger partial charge on any atom is 0.303 e. The quantitative estimate of drug-likeness (QED) is 0.451. The Morgan fingerprint density at radius 2 is 1.79 bits per heavy atom. The lowest BCUT2D eigenvalue weighted by molar-refractivity contribution is -0.137. The second kappa shape index (κ2) is 10.0. The fourth-order valence-corrected chi connectivity index (χ4v) is 4.79. The van der Waals surface area contributed by atoms with E-state index in [0.717, 1.165) is 44.1 Å². The van der Waals surface area contributed by atoms with E-state index in [4.69, 9.17) is 5.11 Å². The summed E-state index contributed by atoms with van der Waals surface area (Å²) < 4.78 is 0. The molecule has 0 saturated heterocycles. The predicted molar refractivity (Wildman–Crippen MR) is 114 cm³/mol. The van der Waals surface area contributed by atoms with Gasteiger partial charge in [0, 0.05) is 24.7 Å². The third-order valence-corrected chi connectivity index (χ3v) is 6.46. The van der Waals surface area contributed by atoms with Gasteiger partial charge in [-0.2, -0.15) is 0 Å². The van der Waals surface area contributed by atoms with Crippen LogP contribution in [0.5, 0.6) is 0 Å². The molecule has 0 heterocycles. The number of carbonyl (C=O) groups excluding carboxylic acids is 1. The Morgan fingerprint density at radius 3 is 2.45 bits per heavy atom. The van der Waals surface area contributed by atoms with Gasteiger partial charge in [-0.15, -0.1) is 0 Å². The molecule has 1 aromatic carbocycles. The maximum atomic E-state index is 12.4. The Morgan fingerprint density at radius 1 is 1.14 bits per heavy atom. The Hall–Kier alpha value is -2.20. The minimum Gasteiger partial charge on any atom is -0.481 e. The topological polar surface area (TPSA) is 74.6 Å². The molecule has 0 unspecified atom stereocenters. The van der Waals surface area contributed by atoms with Crippen molar-refractivity contribution in [2.45, 2.75) is 63.9 Å². The van der Waals surface area contributed by atoms with E-state index < -0.39 is 12.1 Å². The molecule has 2 N–H and O–H groups in total. The van der Waals surface area contributed by atoms with Crippen molar-refractivity contribution >= 4 is 11.8 Å². The fraction of sp³-hybridized carbons (Fsp3) is 0.520. The number of carboxylic acid groups (broad SMARTS) is 1. The monoisotopic (exact) mass is 396 g/mol. The number of rotatable bonds is 10. The van der Waals surface area contributed by atoms with Gasteiger partial charge in [-0.3, -0.25) is 9.59 Å². The van der Waals surface area contributed by atoms with Crippen LogP contribution in [0.3, 0.4) is 0 Å². The molecule has 3 rings (SSSR count). The van der Waals surface area contributed by atoms with E-state index in [1.165, 1.54) is 11.1 Å². The third-order valence-electron chi connectivity index (χ3n) is 6.46. The number of aliphatic carboxylic acids is 1. The SMILES string of the molecule is C=C1CC(=O)[C@H](CCCCCCC(=O)O)[C@@H]1C=C[C@H](O)C1Cc2ccccc2C1. The average molecular weight is 397 g/mol. The molecule has 3 atom stereocenters.